The van der Waals surface area contributed by atoms with E-state index in [4.69, 9.17) is 4.74 Å². The van der Waals surface area contributed by atoms with Crippen molar-refractivity contribution in [1.82, 2.24) is 0 Å². The Bertz CT molecular complexity index is 864. The minimum absolute atomic E-state index is 0.222. The Morgan fingerprint density at radius 1 is 1.04 bits per heavy atom. The molecule has 0 aromatic heterocycles. The molecule has 1 heterocycles. The molecule has 2 aliphatic rings. The van der Waals surface area contributed by atoms with Crippen LogP contribution in [0.4, 0.5) is 0 Å². The molecule has 1 aliphatic carbocycles. The van der Waals surface area contributed by atoms with E-state index >= 15 is 0 Å². The monoisotopic (exact) mass is 334 g/mol. The maximum Gasteiger partial charge on any atom is 0.198 e. The fourth-order valence-corrected chi connectivity index (χ4v) is 3.84. The van der Waals surface area contributed by atoms with Crippen LogP contribution < -0.4 is 0 Å². The summed E-state index contributed by atoms with van der Waals surface area (Å²) in [4.78, 5) is 13.3. The molecule has 3 nitrogen and oxygen atoms in total. The highest BCUT2D eigenvalue weighted by Crippen LogP contribution is 2.47. The van der Waals surface area contributed by atoms with Gasteiger partial charge in [0.15, 0.2) is 11.4 Å². The Labute approximate surface area is 148 Å². The quantitative estimate of drug-likeness (QED) is 0.903. The molecule has 2 aromatic rings. The second-order valence-corrected chi connectivity index (χ2v) is 7.57. The van der Waals surface area contributed by atoms with Gasteiger partial charge in [-0.25, -0.2) is 0 Å². The standard InChI is InChI=1S/C22H22O3/c1-21(2)13-12-17-19(25-21)16-10-6-7-11-18(16)22(24,20(17)23)14-15-8-4-3-5-9-15/h3-11,24H,12-14H2,1-2H3. The number of hydrogen-bond acceptors (Lipinski definition) is 3. The summed E-state index contributed by atoms with van der Waals surface area (Å²) in [5.74, 6) is 0.426. The van der Waals surface area contributed by atoms with Gasteiger partial charge in [0.2, 0.25) is 0 Å². The molecule has 0 saturated heterocycles. The molecule has 25 heavy (non-hydrogen) atoms. The summed E-state index contributed by atoms with van der Waals surface area (Å²) < 4.78 is 6.17. The molecule has 0 saturated carbocycles. The topological polar surface area (TPSA) is 46.5 Å². The van der Waals surface area contributed by atoms with E-state index in [1.165, 1.54) is 0 Å². The van der Waals surface area contributed by atoms with Gasteiger partial charge in [0.05, 0.1) is 0 Å². The van der Waals surface area contributed by atoms with Crippen LogP contribution in [-0.4, -0.2) is 16.5 Å². The highest BCUT2D eigenvalue weighted by atomic mass is 16.5. The highest BCUT2D eigenvalue weighted by molar-refractivity contribution is 6.10. The van der Waals surface area contributed by atoms with Gasteiger partial charge in [0.1, 0.15) is 11.4 Å². The average Bonchev–Trinajstić information content (AvgIpc) is 2.60. The van der Waals surface area contributed by atoms with Crippen molar-refractivity contribution in [2.45, 2.75) is 44.3 Å². The van der Waals surface area contributed by atoms with E-state index in [2.05, 4.69) is 0 Å². The van der Waals surface area contributed by atoms with E-state index in [0.29, 0.717) is 23.3 Å². The van der Waals surface area contributed by atoms with E-state index in [1.54, 1.807) is 0 Å². The SMILES string of the molecule is CC1(C)CCC2=C(O1)c1ccccc1C(O)(Cc1ccccc1)C2=O. The molecule has 1 N–H and O–H groups in total. The molecule has 1 atom stereocenters. The maximum absolute atomic E-state index is 13.3. The smallest absolute Gasteiger partial charge is 0.198 e. The molecule has 0 fully saturated rings. The van der Waals surface area contributed by atoms with Crippen molar-refractivity contribution >= 4 is 11.5 Å². The Morgan fingerprint density at radius 2 is 1.72 bits per heavy atom. The Balaban J connectivity index is 1.86. The second-order valence-electron chi connectivity index (χ2n) is 7.57. The lowest BCUT2D eigenvalue weighted by molar-refractivity contribution is -0.135. The third kappa shape index (κ3) is 2.59. The summed E-state index contributed by atoms with van der Waals surface area (Å²) in [6.45, 7) is 4.07. The van der Waals surface area contributed by atoms with Crippen LogP contribution in [0.2, 0.25) is 0 Å². The van der Waals surface area contributed by atoms with Crippen LogP contribution in [0.5, 0.6) is 0 Å². The van der Waals surface area contributed by atoms with E-state index in [-0.39, 0.29) is 17.8 Å². The number of ether oxygens (including phenoxy) is 1. The number of rotatable bonds is 2. The molecule has 128 valence electrons. The van der Waals surface area contributed by atoms with Crippen LogP contribution in [-0.2, 0) is 21.6 Å². The lowest BCUT2D eigenvalue weighted by Crippen LogP contribution is -2.45. The van der Waals surface area contributed by atoms with E-state index in [0.717, 1.165) is 17.5 Å². The third-order valence-corrected chi connectivity index (χ3v) is 5.20. The van der Waals surface area contributed by atoms with Crippen molar-refractivity contribution < 1.29 is 14.6 Å². The minimum atomic E-state index is -1.54. The molecule has 0 amide bonds. The zero-order valence-corrected chi connectivity index (χ0v) is 14.6. The zero-order valence-electron chi connectivity index (χ0n) is 14.6. The van der Waals surface area contributed by atoms with Crippen LogP contribution in [0.15, 0.2) is 60.2 Å². The fourth-order valence-electron chi connectivity index (χ4n) is 3.84. The number of benzene rings is 2. The number of fused-ring (bicyclic) bond motifs is 2. The van der Waals surface area contributed by atoms with Gasteiger partial charge in [0, 0.05) is 23.1 Å². The summed E-state index contributed by atoms with van der Waals surface area (Å²) in [5, 5.41) is 11.5. The third-order valence-electron chi connectivity index (χ3n) is 5.20. The van der Waals surface area contributed by atoms with Gasteiger partial charge in [-0.05, 0) is 32.3 Å². The molecule has 1 aliphatic heterocycles. The second kappa shape index (κ2) is 5.57. The van der Waals surface area contributed by atoms with Crippen LogP contribution in [0.1, 0.15) is 43.4 Å². The van der Waals surface area contributed by atoms with Crippen LogP contribution in [0.3, 0.4) is 0 Å². The first-order valence-electron chi connectivity index (χ1n) is 8.74. The first-order chi connectivity index (χ1) is 11.9. The van der Waals surface area contributed by atoms with Gasteiger partial charge in [-0.15, -0.1) is 0 Å². The first-order valence-corrected chi connectivity index (χ1v) is 8.74. The van der Waals surface area contributed by atoms with Gasteiger partial charge in [0.25, 0.3) is 0 Å². The fraction of sp³-hybridized carbons (Fsp3) is 0.318. The lowest BCUT2D eigenvalue weighted by atomic mass is 9.72. The molecule has 3 heteroatoms. The van der Waals surface area contributed by atoms with Crippen molar-refractivity contribution in [3.8, 4) is 0 Å². The first kappa shape index (κ1) is 16.1. The zero-order chi connectivity index (χ0) is 17.7. The molecule has 0 bridgehead atoms. The molecular formula is C22H22O3. The van der Waals surface area contributed by atoms with Gasteiger partial charge in [-0.2, -0.15) is 0 Å². The van der Waals surface area contributed by atoms with Crippen molar-refractivity contribution in [2.24, 2.45) is 0 Å². The van der Waals surface area contributed by atoms with Crippen molar-refractivity contribution in [3.05, 3.63) is 76.9 Å². The number of hydrogen-bond donors (Lipinski definition) is 1. The summed E-state index contributed by atoms with van der Waals surface area (Å²) in [7, 11) is 0. The van der Waals surface area contributed by atoms with Gasteiger partial charge < -0.3 is 9.84 Å². The number of ketones is 1. The Morgan fingerprint density at radius 3 is 2.48 bits per heavy atom. The Kier molecular flexibility index (Phi) is 3.58. The predicted octanol–water partition coefficient (Wildman–Crippen LogP) is 4.00. The summed E-state index contributed by atoms with van der Waals surface area (Å²) >= 11 is 0. The number of Topliss-reactive ketones (excluding diaryl/α,β-unsaturated/α-hetero) is 1. The summed E-state index contributed by atoms with van der Waals surface area (Å²) in [6.07, 6.45) is 1.66. The molecule has 4 rings (SSSR count). The van der Waals surface area contributed by atoms with Crippen LogP contribution in [0.25, 0.3) is 5.76 Å². The molecule has 2 aromatic carbocycles. The van der Waals surface area contributed by atoms with Crippen molar-refractivity contribution in [2.75, 3.05) is 0 Å². The minimum Gasteiger partial charge on any atom is -0.487 e. The Hall–Kier alpha value is -2.39. The van der Waals surface area contributed by atoms with Gasteiger partial charge in [-0.1, -0.05) is 54.6 Å². The number of aliphatic hydroxyl groups is 1. The largest absolute Gasteiger partial charge is 0.487 e. The average molecular weight is 334 g/mol. The molecule has 0 spiro atoms. The van der Waals surface area contributed by atoms with Gasteiger partial charge in [-0.3, -0.25) is 4.79 Å². The van der Waals surface area contributed by atoms with Crippen molar-refractivity contribution in [3.63, 3.8) is 0 Å². The van der Waals surface area contributed by atoms with E-state index in [9.17, 15) is 9.90 Å². The number of carbonyl (C=O) groups excluding carboxylic acids is 1. The van der Waals surface area contributed by atoms with E-state index in [1.807, 2.05) is 68.4 Å². The summed E-state index contributed by atoms with van der Waals surface area (Å²) in [5.41, 5.74) is 1.19. The van der Waals surface area contributed by atoms with Crippen LogP contribution >= 0.6 is 0 Å². The van der Waals surface area contributed by atoms with E-state index < -0.39 is 5.60 Å². The normalized spacial score (nSPS) is 24.4. The maximum atomic E-state index is 13.3. The molecular weight excluding hydrogens is 312 g/mol. The predicted molar refractivity (Wildman–Crippen MR) is 96.8 cm³/mol. The van der Waals surface area contributed by atoms with Crippen molar-refractivity contribution in [1.29, 1.82) is 0 Å². The molecule has 1 unspecified atom stereocenters. The van der Waals surface area contributed by atoms with Crippen LogP contribution in [0, 0.1) is 0 Å². The number of carbonyl (C=O) groups is 1. The highest BCUT2D eigenvalue weighted by Gasteiger charge is 2.48. The molecule has 0 radical (unpaired) electrons. The lowest BCUT2D eigenvalue weighted by Gasteiger charge is -2.41. The van der Waals surface area contributed by atoms with Gasteiger partial charge >= 0.3 is 0 Å². The summed E-state index contributed by atoms with van der Waals surface area (Å²) in [6, 6.07) is 17.2.